The van der Waals surface area contributed by atoms with Gasteiger partial charge >= 0.3 is 0 Å². The Kier molecular flexibility index (Phi) is 10.9. The SMILES string of the molecule is CCC.CCC(C)=C(C)C. The fourth-order valence-corrected chi connectivity index (χ4v) is 0.354. The summed E-state index contributed by atoms with van der Waals surface area (Å²) in [4.78, 5) is 0. The second kappa shape index (κ2) is 8.74. The van der Waals surface area contributed by atoms with Gasteiger partial charge in [-0.05, 0) is 27.2 Å². The van der Waals surface area contributed by atoms with Crippen LogP contribution in [0.3, 0.4) is 0 Å². The predicted molar refractivity (Wildman–Crippen MR) is 50.3 cm³/mol. The molecule has 0 atom stereocenters. The van der Waals surface area contributed by atoms with Gasteiger partial charge in [0.05, 0.1) is 0 Å². The minimum atomic E-state index is 1.20. The van der Waals surface area contributed by atoms with Crippen LogP contribution in [-0.4, -0.2) is 0 Å². The Balaban J connectivity index is 0. The second-order valence-corrected chi connectivity index (χ2v) is 2.84. The molecule has 0 aromatic heterocycles. The fourth-order valence-electron chi connectivity index (χ4n) is 0.354. The molecule has 0 heteroatoms. The smallest absolute Gasteiger partial charge is 0.0349 e. The van der Waals surface area contributed by atoms with Gasteiger partial charge in [-0.3, -0.25) is 0 Å². The normalized spacial score (nSPS) is 7.80. The maximum atomic E-state index is 2.18. The van der Waals surface area contributed by atoms with Gasteiger partial charge in [0.1, 0.15) is 0 Å². The molecule has 0 aliphatic heterocycles. The number of rotatable bonds is 1. The molecule has 62 valence electrons. The van der Waals surface area contributed by atoms with E-state index in [4.69, 9.17) is 0 Å². The standard InChI is InChI=1S/C7H14.C3H8/c1-5-7(4)6(2)3;1-3-2/h5H2,1-4H3;3H2,1-2H3. The first-order valence-electron chi connectivity index (χ1n) is 4.22. The highest BCUT2D eigenvalue weighted by Gasteiger charge is 1.82. The lowest BCUT2D eigenvalue weighted by atomic mass is 10.1. The second-order valence-electron chi connectivity index (χ2n) is 2.84. The molecule has 0 radical (unpaired) electrons. The molecular weight excluding hydrogens is 120 g/mol. The van der Waals surface area contributed by atoms with Gasteiger partial charge in [0.2, 0.25) is 0 Å². The number of hydrogen-bond acceptors (Lipinski definition) is 0. The highest BCUT2D eigenvalue weighted by Crippen LogP contribution is 2.04. The van der Waals surface area contributed by atoms with Gasteiger partial charge in [0.25, 0.3) is 0 Å². The lowest BCUT2D eigenvalue weighted by Crippen LogP contribution is -1.73. The van der Waals surface area contributed by atoms with Crippen LogP contribution < -0.4 is 0 Å². The summed E-state index contributed by atoms with van der Waals surface area (Å²) < 4.78 is 0. The maximum absolute atomic E-state index is 2.18. The van der Waals surface area contributed by atoms with E-state index in [0.717, 1.165) is 0 Å². The van der Waals surface area contributed by atoms with E-state index in [1.54, 1.807) is 0 Å². The summed E-state index contributed by atoms with van der Waals surface area (Å²) in [5.41, 5.74) is 2.97. The lowest BCUT2D eigenvalue weighted by Gasteiger charge is -1.94. The summed E-state index contributed by atoms with van der Waals surface area (Å²) in [6.45, 7) is 12.9. The monoisotopic (exact) mass is 142 g/mol. The first kappa shape index (κ1) is 12.4. The molecule has 0 aliphatic carbocycles. The van der Waals surface area contributed by atoms with Crippen LogP contribution in [0.25, 0.3) is 0 Å². The molecular formula is C10H22. The van der Waals surface area contributed by atoms with E-state index in [1.165, 1.54) is 24.0 Å². The van der Waals surface area contributed by atoms with Gasteiger partial charge in [0.15, 0.2) is 0 Å². The molecule has 0 N–H and O–H groups in total. The van der Waals surface area contributed by atoms with Crippen LogP contribution in [0.5, 0.6) is 0 Å². The van der Waals surface area contributed by atoms with E-state index in [-0.39, 0.29) is 0 Å². The van der Waals surface area contributed by atoms with Crippen molar-refractivity contribution in [2.45, 2.75) is 54.4 Å². The molecule has 0 amide bonds. The average molecular weight is 142 g/mol. The number of allylic oxidation sites excluding steroid dienone is 2. The fraction of sp³-hybridized carbons (Fsp3) is 0.800. The Morgan fingerprint density at radius 2 is 1.20 bits per heavy atom. The summed E-state index contributed by atoms with van der Waals surface area (Å²) >= 11 is 0. The van der Waals surface area contributed by atoms with E-state index in [0.29, 0.717) is 0 Å². The van der Waals surface area contributed by atoms with Crippen LogP contribution in [0.15, 0.2) is 11.1 Å². The van der Waals surface area contributed by atoms with E-state index in [9.17, 15) is 0 Å². The molecule has 0 bridgehead atoms. The van der Waals surface area contributed by atoms with Crippen molar-refractivity contribution in [3.63, 3.8) is 0 Å². The highest BCUT2D eigenvalue weighted by molar-refractivity contribution is 5.05. The van der Waals surface area contributed by atoms with Crippen LogP contribution in [0.2, 0.25) is 0 Å². The molecule has 0 aromatic rings. The van der Waals surface area contributed by atoms with Crippen molar-refractivity contribution in [3.05, 3.63) is 11.1 Å². The van der Waals surface area contributed by atoms with Crippen LogP contribution in [0, 0.1) is 0 Å². The van der Waals surface area contributed by atoms with Crippen molar-refractivity contribution in [1.82, 2.24) is 0 Å². The molecule has 0 nitrogen and oxygen atoms in total. The zero-order valence-corrected chi connectivity index (χ0v) is 8.41. The molecule has 0 aliphatic rings. The average Bonchev–Trinajstić information content (AvgIpc) is 1.88. The van der Waals surface area contributed by atoms with E-state index < -0.39 is 0 Å². The minimum Gasteiger partial charge on any atom is -0.0775 e. The quantitative estimate of drug-likeness (QED) is 0.482. The topological polar surface area (TPSA) is 0 Å². The molecule has 0 spiro atoms. The van der Waals surface area contributed by atoms with Gasteiger partial charge in [-0.25, -0.2) is 0 Å². The summed E-state index contributed by atoms with van der Waals surface area (Å²) in [6, 6.07) is 0. The third kappa shape index (κ3) is 10.7. The lowest BCUT2D eigenvalue weighted by molar-refractivity contribution is 1.05. The Morgan fingerprint density at radius 1 is 0.900 bits per heavy atom. The first-order chi connectivity index (χ1) is 4.59. The molecule has 10 heavy (non-hydrogen) atoms. The van der Waals surface area contributed by atoms with E-state index in [1.807, 2.05) is 0 Å². The Hall–Kier alpha value is -0.260. The molecule has 0 unspecified atom stereocenters. The molecule has 0 heterocycles. The van der Waals surface area contributed by atoms with Crippen LogP contribution >= 0.6 is 0 Å². The van der Waals surface area contributed by atoms with Crippen LogP contribution in [0.1, 0.15) is 54.4 Å². The van der Waals surface area contributed by atoms with Crippen LogP contribution in [-0.2, 0) is 0 Å². The van der Waals surface area contributed by atoms with Crippen molar-refractivity contribution in [2.24, 2.45) is 0 Å². The largest absolute Gasteiger partial charge is 0.0775 e. The summed E-state index contributed by atoms with van der Waals surface area (Å²) in [7, 11) is 0. The zero-order valence-electron chi connectivity index (χ0n) is 8.41. The van der Waals surface area contributed by atoms with Gasteiger partial charge in [-0.2, -0.15) is 0 Å². The van der Waals surface area contributed by atoms with Crippen molar-refractivity contribution < 1.29 is 0 Å². The van der Waals surface area contributed by atoms with Gasteiger partial charge in [-0.1, -0.05) is 38.3 Å². The first-order valence-corrected chi connectivity index (χ1v) is 4.22. The molecule has 0 fully saturated rings. The zero-order chi connectivity index (χ0) is 8.57. The third-order valence-corrected chi connectivity index (χ3v) is 1.38. The Labute approximate surface area is 66.3 Å². The number of hydrogen-bond donors (Lipinski definition) is 0. The summed E-state index contributed by atoms with van der Waals surface area (Å²) in [5.74, 6) is 0. The molecule has 0 aromatic carbocycles. The molecule has 0 saturated carbocycles. The van der Waals surface area contributed by atoms with Crippen molar-refractivity contribution in [2.75, 3.05) is 0 Å². The van der Waals surface area contributed by atoms with E-state index in [2.05, 4.69) is 41.5 Å². The van der Waals surface area contributed by atoms with Crippen molar-refractivity contribution >= 4 is 0 Å². The van der Waals surface area contributed by atoms with Gasteiger partial charge in [-0.15, -0.1) is 0 Å². The Morgan fingerprint density at radius 3 is 1.20 bits per heavy atom. The van der Waals surface area contributed by atoms with E-state index >= 15 is 0 Å². The third-order valence-electron chi connectivity index (χ3n) is 1.38. The summed E-state index contributed by atoms with van der Waals surface area (Å²) in [5, 5.41) is 0. The van der Waals surface area contributed by atoms with Crippen molar-refractivity contribution in [1.29, 1.82) is 0 Å². The Bertz CT molecular complexity index is 84.2. The van der Waals surface area contributed by atoms with Crippen molar-refractivity contribution in [3.8, 4) is 0 Å². The summed E-state index contributed by atoms with van der Waals surface area (Å²) in [6.07, 6.45) is 2.45. The van der Waals surface area contributed by atoms with Crippen LogP contribution in [0.4, 0.5) is 0 Å². The molecule has 0 rings (SSSR count). The maximum Gasteiger partial charge on any atom is -0.0349 e. The highest BCUT2D eigenvalue weighted by atomic mass is 13.9. The van der Waals surface area contributed by atoms with Gasteiger partial charge in [0, 0.05) is 0 Å². The molecule has 0 saturated heterocycles. The minimum absolute atomic E-state index is 1.20. The predicted octanol–water partition coefficient (Wildman–Crippen LogP) is 4.17. The van der Waals surface area contributed by atoms with Gasteiger partial charge < -0.3 is 0 Å².